The molecule has 0 radical (unpaired) electrons. The van der Waals surface area contributed by atoms with Gasteiger partial charge in [0.05, 0.1) is 16.0 Å². The predicted octanol–water partition coefficient (Wildman–Crippen LogP) is 7.68. The van der Waals surface area contributed by atoms with E-state index < -0.39 is 0 Å². The topological polar surface area (TPSA) is 47.0 Å². The molecule has 5 rings (SSSR count). The molecular weight excluding hydrogens is 470 g/mol. The Morgan fingerprint density at radius 1 is 1.29 bits per heavy atom. The van der Waals surface area contributed by atoms with Crippen LogP contribution in [0.5, 0.6) is 0 Å². The number of thiazole rings is 1. The van der Waals surface area contributed by atoms with Crippen molar-refractivity contribution in [1.29, 1.82) is 0 Å². The van der Waals surface area contributed by atoms with Crippen LogP contribution in [0.4, 0.5) is 0 Å². The molecule has 2 aromatic rings. The van der Waals surface area contributed by atoms with E-state index >= 15 is 0 Å². The Morgan fingerprint density at radius 2 is 2.06 bits per heavy atom. The van der Waals surface area contributed by atoms with Gasteiger partial charge >= 0.3 is 0 Å². The molecule has 5 heteroatoms. The molecular formula is C30H35NO2S2. The molecule has 0 amide bonds. The van der Waals surface area contributed by atoms with Gasteiger partial charge in [-0.05, 0) is 78.2 Å². The molecule has 1 aromatic carbocycles. The average molecular weight is 506 g/mol. The molecule has 3 aliphatic carbocycles. The highest BCUT2D eigenvalue weighted by Crippen LogP contribution is 2.63. The summed E-state index contributed by atoms with van der Waals surface area (Å²) < 4.78 is 2.10. The van der Waals surface area contributed by atoms with Gasteiger partial charge in [0.25, 0.3) is 0 Å². The number of Topliss-reactive ketones (excluding diaryl/α,β-unsaturated/α-hetero) is 1. The van der Waals surface area contributed by atoms with Crippen LogP contribution in [0.1, 0.15) is 53.4 Å². The highest BCUT2D eigenvalue weighted by atomic mass is 32.2. The third-order valence-electron chi connectivity index (χ3n) is 9.33. The Hall–Kier alpha value is -1.98. The fourth-order valence-electron chi connectivity index (χ4n) is 7.51. The molecule has 184 valence electrons. The van der Waals surface area contributed by atoms with Gasteiger partial charge in [0, 0.05) is 5.41 Å². The zero-order valence-corrected chi connectivity index (χ0v) is 22.8. The summed E-state index contributed by atoms with van der Waals surface area (Å²) >= 11 is 3.19. The van der Waals surface area contributed by atoms with Crippen LogP contribution in [0.25, 0.3) is 10.2 Å². The number of carbonyl (C=O) groups is 2. The van der Waals surface area contributed by atoms with Gasteiger partial charge in [-0.3, -0.25) is 9.59 Å². The van der Waals surface area contributed by atoms with Gasteiger partial charge in [-0.2, -0.15) is 0 Å². The number of para-hydroxylation sites is 1. The smallest absolute Gasteiger partial charge is 0.178 e. The quantitative estimate of drug-likeness (QED) is 0.298. The monoisotopic (exact) mass is 505 g/mol. The highest BCUT2D eigenvalue weighted by molar-refractivity contribution is 8.01. The van der Waals surface area contributed by atoms with Gasteiger partial charge in [0.2, 0.25) is 0 Å². The number of ketones is 2. The first-order valence-corrected chi connectivity index (χ1v) is 14.6. The van der Waals surface area contributed by atoms with Gasteiger partial charge < -0.3 is 0 Å². The lowest BCUT2D eigenvalue weighted by Crippen LogP contribution is -2.52. The van der Waals surface area contributed by atoms with E-state index in [-0.39, 0.29) is 22.4 Å². The van der Waals surface area contributed by atoms with Gasteiger partial charge in [-0.25, -0.2) is 4.98 Å². The number of allylic oxidation sites excluding steroid dienone is 5. The molecule has 0 aliphatic heterocycles. The number of nitrogens with zero attached hydrogens (tertiary/aromatic N) is 1. The molecule has 3 aliphatic rings. The Morgan fingerprint density at radius 3 is 2.80 bits per heavy atom. The Bertz CT molecular complexity index is 1220. The van der Waals surface area contributed by atoms with Crippen LogP contribution in [0, 0.1) is 34.5 Å². The highest BCUT2D eigenvalue weighted by Gasteiger charge is 2.56. The zero-order valence-electron chi connectivity index (χ0n) is 21.2. The van der Waals surface area contributed by atoms with E-state index in [1.54, 1.807) is 29.2 Å². The summed E-state index contributed by atoms with van der Waals surface area (Å²) in [6.45, 7) is 13.6. The lowest BCUT2D eigenvalue weighted by molar-refractivity contribution is -0.116. The second-order valence-electron chi connectivity index (χ2n) is 11.1. The minimum Gasteiger partial charge on any atom is -0.294 e. The van der Waals surface area contributed by atoms with Crippen LogP contribution < -0.4 is 0 Å². The van der Waals surface area contributed by atoms with Crippen molar-refractivity contribution in [3.8, 4) is 0 Å². The number of hydrogen-bond acceptors (Lipinski definition) is 5. The first-order chi connectivity index (χ1) is 16.7. The number of fused-ring (bicyclic) bond motifs is 4. The van der Waals surface area contributed by atoms with Crippen LogP contribution in [0.3, 0.4) is 0 Å². The Labute approximate surface area is 217 Å². The van der Waals surface area contributed by atoms with E-state index in [4.69, 9.17) is 0 Å². The molecule has 1 aromatic heterocycles. The molecule has 1 heterocycles. The second-order valence-corrected chi connectivity index (χ2v) is 13.4. The summed E-state index contributed by atoms with van der Waals surface area (Å²) in [5.74, 6) is 2.50. The largest absolute Gasteiger partial charge is 0.294 e. The van der Waals surface area contributed by atoms with Crippen LogP contribution in [0.2, 0.25) is 0 Å². The maximum Gasteiger partial charge on any atom is 0.178 e. The molecule has 0 spiro atoms. The standard InChI is InChI=1S/C30H35NO2S2/c1-6-22-21-15-18(2)24-16-20(32)11-13-30(24,5)23(21)12-14-29(22,4)19(3)26(33)17-34-28-31-25-9-7-8-10-27(25)35-28/h7-11,13,16,18,21-23H,3,6,12,14-15,17H2,1-2,4-5H3/t18-,21?,22?,23?,29?,30?/m0/s1. The summed E-state index contributed by atoms with van der Waals surface area (Å²) in [7, 11) is 0. The zero-order chi connectivity index (χ0) is 25.0. The maximum atomic E-state index is 13.4. The minimum absolute atomic E-state index is 0.0565. The van der Waals surface area contributed by atoms with Crippen LogP contribution >= 0.6 is 23.1 Å². The minimum atomic E-state index is -0.188. The van der Waals surface area contributed by atoms with Gasteiger partial charge in [0.1, 0.15) is 0 Å². The SMILES string of the molecule is C=C(C(=O)CSc1nc2ccccc2s1)C1(C)CCC2C(C[C@H](C)C3=CC(=O)C=CC32C)C1CC. The van der Waals surface area contributed by atoms with Crippen molar-refractivity contribution in [2.24, 2.45) is 34.5 Å². The molecule has 0 bridgehead atoms. The molecule has 35 heavy (non-hydrogen) atoms. The number of aromatic nitrogens is 1. The van der Waals surface area contributed by atoms with E-state index in [9.17, 15) is 9.59 Å². The summed E-state index contributed by atoms with van der Waals surface area (Å²) in [4.78, 5) is 30.3. The van der Waals surface area contributed by atoms with Crippen LogP contribution in [-0.4, -0.2) is 22.3 Å². The molecule has 2 fully saturated rings. The molecule has 2 saturated carbocycles. The summed E-state index contributed by atoms with van der Waals surface area (Å²) in [5.41, 5.74) is 2.86. The Kier molecular flexibility index (Phi) is 6.46. The third kappa shape index (κ3) is 4.09. The lowest BCUT2D eigenvalue weighted by Gasteiger charge is -2.59. The average Bonchev–Trinajstić information content (AvgIpc) is 3.26. The van der Waals surface area contributed by atoms with Crippen molar-refractivity contribution in [1.82, 2.24) is 4.98 Å². The Balaban J connectivity index is 1.35. The van der Waals surface area contributed by atoms with E-state index in [1.165, 1.54) is 5.57 Å². The molecule has 0 N–H and O–H groups in total. The van der Waals surface area contributed by atoms with E-state index in [0.29, 0.717) is 29.4 Å². The first-order valence-electron chi connectivity index (χ1n) is 12.8. The van der Waals surface area contributed by atoms with Gasteiger partial charge in [0.15, 0.2) is 15.9 Å². The number of rotatable bonds is 6. The number of carbonyl (C=O) groups excluding carboxylic acids is 2. The molecule has 0 saturated heterocycles. The lowest BCUT2D eigenvalue weighted by atomic mass is 9.45. The normalized spacial score (nSPS) is 34.3. The van der Waals surface area contributed by atoms with E-state index in [2.05, 4.69) is 51.4 Å². The summed E-state index contributed by atoms with van der Waals surface area (Å²) in [5, 5.41) is 0. The van der Waals surface area contributed by atoms with Gasteiger partial charge in [-0.1, -0.05) is 76.2 Å². The van der Waals surface area contributed by atoms with Crippen LogP contribution in [-0.2, 0) is 9.59 Å². The molecule has 6 atom stereocenters. The van der Waals surface area contributed by atoms with Crippen LogP contribution in [0.15, 0.2) is 64.6 Å². The van der Waals surface area contributed by atoms with Crippen molar-refractivity contribution >= 4 is 44.9 Å². The fourth-order valence-corrected chi connectivity index (χ4v) is 9.48. The molecule has 3 nitrogen and oxygen atoms in total. The molecule has 5 unspecified atom stereocenters. The van der Waals surface area contributed by atoms with Crippen molar-refractivity contribution in [3.63, 3.8) is 0 Å². The first kappa shape index (κ1) is 24.7. The van der Waals surface area contributed by atoms with Crippen molar-refractivity contribution < 1.29 is 9.59 Å². The van der Waals surface area contributed by atoms with Gasteiger partial charge in [-0.15, -0.1) is 11.3 Å². The maximum absolute atomic E-state index is 13.4. The number of benzene rings is 1. The van der Waals surface area contributed by atoms with Crippen molar-refractivity contribution in [2.45, 2.75) is 57.7 Å². The summed E-state index contributed by atoms with van der Waals surface area (Å²) in [6.07, 6.45) is 10.0. The predicted molar refractivity (Wildman–Crippen MR) is 147 cm³/mol. The third-order valence-corrected chi connectivity index (χ3v) is 11.5. The number of thioether (sulfide) groups is 1. The summed E-state index contributed by atoms with van der Waals surface area (Å²) in [6, 6.07) is 8.12. The van der Waals surface area contributed by atoms with E-state index in [0.717, 1.165) is 45.8 Å². The van der Waals surface area contributed by atoms with Crippen molar-refractivity contribution in [3.05, 3.63) is 60.2 Å². The van der Waals surface area contributed by atoms with Crippen molar-refractivity contribution in [2.75, 3.05) is 5.75 Å². The fraction of sp³-hybridized carbons (Fsp3) is 0.500. The van der Waals surface area contributed by atoms with E-state index in [1.807, 2.05) is 24.3 Å². The second kappa shape index (κ2) is 9.15. The number of hydrogen-bond donors (Lipinski definition) is 0.